The Kier molecular flexibility index (Phi) is 6.62. The van der Waals surface area contributed by atoms with Gasteiger partial charge in [-0.05, 0) is 30.3 Å². The minimum atomic E-state index is -4.55. The van der Waals surface area contributed by atoms with Crippen molar-refractivity contribution in [2.45, 2.75) is 6.18 Å². The quantitative estimate of drug-likeness (QED) is 0.737. The molecule has 1 saturated heterocycles. The van der Waals surface area contributed by atoms with Gasteiger partial charge in [-0.1, -0.05) is 11.6 Å². The Hall–Kier alpha value is -2.65. The second kappa shape index (κ2) is 9.01. The van der Waals surface area contributed by atoms with Gasteiger partial charge in [-0.15, -0.1) is 0 Å². The van der Waals surface area contributed by atoms with Gasteiger partial charge in [0, 0.05) is 18.7 Å². The molecule has 1 amide bonds. The van der Waals surface area contributed by atoms with Gasteiger partial charge in [0.15, 0.2) is 11.5 Å². The molecule has 1 N–H and O–H groups in total. The minimum Gasteiger partial charge on any atom is -0.493 e. The first-order valence-electron chi connectivity index (χ1n) is 9.01. The summed E-state index contributed by atoms with van der Waals surface area (Å²) in [6, 6.07) is 6.03. The van der Waals surface area contributed by atoms with Crippen molar-refractivity contribution in [1.29, 1.82) is 0 Å². The molecule has 0 aliphatic carbocycles. The van der Waals surface area contributed by atoms with Crippen molar-refractivity contribution in [2.75, 3.05) is 50.7 Å². The first kappa shape index (κ1) is 22.0. The predicted molar refractivity (Wildman–Crippen MR) is 107 cm³/mol. The van der Waals surface area contributed by atoms with Crippen LogP contribution >= 0.6 is 11.6 Å². The van der Waals surface area contributed by atoms with E-state index in [-0.39, 0.29) is 27.8 Å². The van der Waals surface area contributed by atoms with E-state index in [1.807, 2.05) is 4.90 Å². The summed E-state index contributed by atoms with van der Waals surface area (Å²) in [6.07, 6.45) is -4.55. The molecular formula is C20H20ClF3N2O4. The third-order valence-corrected chi connectivity index (χ3v) is 4.90. The van der Waals surface area contributed by atoms with Crippen LogP contribution in [0, 0.1) is 0 Å². The van der Waals surface area contributed by atoms with Crippen molar-refractivity contribution in [1.82, 2.24) is 0 Å². The molecule has 0 unspecified atom stereocenters. The monoisotopic (exact) mass is 444 g/mol. The van der Waals surface area contributed by atoms with E-state index >= 15 is 0 Å². The summed E-state index contributed by atoms with van der Waals surface area (Å²) in [4.78, 5) is 14.7. The Labute approximate surface area is 176 Å². The summed E-state index contributed by atoms with van der Waals surface area (Å²) >= 11 is 6.14. The number of carbonyl (C=O) groups excluding carboxylic acids is 1. The van der Waals surface area contributed by atoms with Gasteiger partial charge >= 0.3 is 6.18 Å². The van der Waals surface area contributed by atoms with Gasteiger partial charge in [0.05, 0.1) is 49.4 Å². The summed E-state index contributed by atoms with van der Waals surface area (Å²) in [6.45, 7) is 1.88. The normalized spacial score (nSPS) is 14.4. The third kappa shape index (κ3) is 4.73. The van der Waals surface area contributed by atoms with Crippen LogP contribution in [0.15, 0.2) is 30.3 Å². The van der Waals surface area contributed by atoms with Gasteiger partial charge in [0.1, 0.15) is 0 Å². The van der Waals surface area contributed by atoms with Crippen LogP contribution in [0.25, 0.3) is 0 Å². The van der Waals surface area contributed by atoms with Crippen LogP contribution < -0.4 is 19.7 Å². The zero-order valence-electron chi connectivity index (χ0n) is 16.3. The number of anilines is 2. The smallest absolute Gasteiger partial charge is 0.416 e. The second-order valence-electron chi connectivity index (χ2n) is 6.48. The fourth-order valence-electron chi connectivity index (χ4n) is 3.14. The van der Waals surface area contributed by atoms with Gasteiger partial charge in [-0.3, -0.25) is 4.79 Å². The molecule has 1 heterocycles. The van der Waals surface area contributed by atoms with Crippen LogP contribution in [0.1, 0.15) is 15.9 Å². The van der Waals surface area contributed by atoms with E-state index in [1.54, 1.807) is 0 Å². The van der Waals surface area contributed by atoms with E-state index in [9.17, 15) is 18.0 Å². The van der Waals surface area contributed by atoms with Crippen molar-refractivity contribution in [2.24, 2.45) is 0 Å². The molecule has 3 rings (SSSR count). The first-order valence-corrected chi connectivity index (χ1v) is 9.39. The lowest BCUT2D eigenvalue weighted by atomic mass is 10.1. The lowest BCUT2D eigenvalue weighted by molar-refractivity contribution is -0.137. The number of nitrogens with one attached hydrogen (secondary N) is 1. The van der Waals surface area contributed by atoms with Crippen LogP contribution in [0.3, 0.4) is 0 Å². The van der Waals surface area contributed by atoms with Gasteiger partial charge in [-0.25, -0.2) is 0 Å². The molecule has 0 bridgehead atoms. The highest BCUT2D eigenvalue weighted by Crippen LogP contribution is 2.38. The van der Waals surface area contributed by atoms with Gasteiger partial charge in [0.25, 0.3) is 5.91 Å². The highest BCUT2D eigenvalue weighted by Gasteiger charge is 2.32. The maximum atomic E-state index is 13.2. The zero-order valence-corrected chi connectivity index (χ0v) is 17.1. The van der Waals surface area contributed by atoms with E-state index in [4.69, 9.17) is 25.8 Å². The van der Waals surface area contributed by atoms with E-state index in [2.05, 4.69) is 5.32 Å². The number of hydrogen-bond acceptors (Lipinski definition) is 5. The largest absolute Gasteiger partial charge is 0.493 e. The Morgan fingerprint density at radius 1 is 1.13 bits per heavy atom. The molecule has 0 radical (unpaired) electrons. The molecule has 1 aliphatic heterocycles. The van der Waals surface area contributed by atoms with Crippen LogP contribution in [0.5, 0.6) is 11.5 Å². The number of nitrogens with zero attached hydrogens (tertiary/aromatic N) is 1. The SMILES string of the molecule is COc1cc(C(=O)Nc2cc(C(F)(F)F)ccc2N2CCOCC2)cc(Cl)c1OC. The number of methoxy groups -OCH3 is 2. The lowest BCUT2D eigenvalue weighted by Gasteiger charge is -2.31. The molecule has 0 saturated carbocycles. The average molecular weight is 445 g/mol. The van der Waals surface area contributed by atoms with E-state index < -0.39 is 17.6 Å². The van der Waals surface area contributed by atoms with Crippen molar-refractivity contribution >= 4 is 28.9 Å². The molecule has 0 aromatic heterocycles. The number of ether oxygens (including phenoxy) is 3. The zero-order chi connectivity index (χ0) is 21.9. The maximum Gasteiger partial charge on any atom is 0.416 e. The first-order chi connectivity index (χ1) is 14.2. The molecule has 1 fully saturated rings. The van der Waals surface area contributed by atoms with Gasteiger partial charge in [0.2, 0.25) is 0 Å². The summed E-state index contributed by atoms with van der Waals surface area (Å²) in [5, 5.41) is 2.71. The van der Waals surface area contributed by atoms with Crippen molar-refractivity contribution in [3.05, 3.63) is 46.5 Å². The molecular weight excluding hydrogens is 425 g/mol. The highest BCUT2D eigenvalue weighted by molar-refractivity contribution is 6.32. The van der Waals surface area contributed by atoms with Crippen LogP contribution in [-0.4, -0.2) is 46.4 Å². The van der Waals surface area contributed by atoms with E-state index in [0.29, 0.717) is 32.0 Å². The predicted octanol–water partition coefficient (Wildman–Crippen LogP) is 4.46. The number of halogens is 4. The molecule has 10 heteroatoms. The fourth-order valence-corrected chi connectivity index (χ4v) is 3.42. The topological polar surface area (TPSA) is 60.0 Å². The fraction of sp³-hybridized carbons (Fsp3) is 0.350. The number of morpholine rings is 1. The van der Waals surface area contributed by atoms with Crippen LogP contribution in [0.2, 0.25) is 5.02 Å². The Morgan fingerprint density at radius 2 is 1.83 bits per heavy atom. The van der Waals surface area contributed by atoms with Crippen molar-refractivity contribution in [3.8, 4) is 11.5 Å². The molecule has 30 heavy (non-hydrogen) atoms. The number of amides is 1. The summed E-state index contributed by atoms with van der Waals surface area (Å²) in [5.74, 6) is -0.150. The Balaban J connectivity index is 1.97. The average Bonchev–Trinajstić information content (AvgIpc) is 2.73. The van der Waals surface area contributed by atoms with Crippen LogP contribution in [-0.2, 0) is 10.9 Å². The summed E-state index contributed by atoms with van der Waals surface area (Å²) in [7, 11) is 2.79. The van der Waals surface area contributed by atoms with Crippen LogP contribution in [0.4, 0.5) is 24.5 Å². The van der Waals surface area contributed by atoms with Crippen molar-refractivity contribution < 1.29 is 32.2 Å². The van der Waals surface area contributed by atoms with E-state index in [0.717, 1.165) is 12.1 Å². The molecule has 0 spiro atoms. The molecule has 162 valence electrons. The number of benzene rings is 2. The second-order valence-corrected chi connectivity index (χ2v) is 6.88. The number of alkyl halides is 3. The van der Waals surface area contributed by atoms with Gasteiger partial charge in [-0.2, -0.15) is 13.2 Å². The van der Waals surface area contributed by atoms with Gasteiger partial charge < -0.3 is 24.4 Å². The molecule has 6 nitrogen and oxygen atoms in total. The molecule has 1 aliphatic rings. The van der Waals surface area contributed by atoms with E-state index in [1.165, 1.54) is 32.4 Å². The Morgan fingerprint density at radius 3 is 2.43 bits per heavy atom. The van der Waals surface area contributed by atoms with Crippen molar-refractivity contribution in [3.63, 3.8) is 0 Å². The summed E-state index contributed by atoms with van der Waals surface area (Å²) in [5.41, 5.74) is -0.225. The molecule has 2 aromatic carbocycles. The Bertz CT molecular complexity index is 931. The molecule has 0 atom stereocenters. The maximum absolute atomic E-state index is 13.2. The standard InChI is InChI=1S/C20H20ClF3N2O4/c1-28-17-10-12(9-14(21)18(17)29-2)19(27)25-15-11-13(20(22,23)24)3-4-16(15)26-5-7-30-8-6-26/h3-4,9-11H,5-8H2,1-2H3,(H,25,27). The highest BCUT2D eigenvalue weighted by atomic mass is 35.5. The third-order valence-electron chi connectivity index (χ3n) is 4.62. The minimum absolute atomic E-state index is 0.0441. The lowest BCUT2D eigenvalue weighted by Crippen LogP contribution is -2.36. The summed E-state index contributed by atoms with van der Waals surface area (Å²) < 4.78 is 55.3. The number of rotatable bonds is 5. The number of hydrogen-bond donors (Lipinski definition) is 1. The molecule has 2 aromatic rings. The number of carbonyl (C=O) groups is 1.